The van der Waals surface area contributed by atoms with Crippen molar-refractivity contribution >= 4 is 27.7 Å². The van der Waals surface area contributed by atoms with Crippen LogP contribution in [0.5, 0.6) is 5.75 Å². The van der Waals surface area contributed by atoms with Crippen LogP contribution >= 0.6 is 15.9 Å². The summed E-state index contributed by atoms with van der Waals surface area (Å²) in [6, 6.07) is 13.4. The number of nitrogens with zero attached hydrogens (tertiary/aromatic N) is 1. The summed E-state index contributed by atoms with van der Waals surface area (Å²) in [4.78, 5) is 28.0. The van der Waals surface area contributed by atoms with Gasteiger partial charge in [0, 0.05) is 12.6 Å². The molecule has 0 radical (unpaired) electrons. The van der Waals surface area contributed by atoms with E-state index < -0.39 is 6.04 Å². The van der Waals surface area contributed by atoms with Gasteiger partial charge in [0.25, 0.3) is 5.91 Å². The van der Waals surface area contributed by atoms with Crippen molar-refractivity contribution in [2.24, 2.45) is 0 Å². The summed E-state index contributed by atoms with van der Waals surface area (Å²) in [6.45, 7) is 12.4. The predicted octanol–water partition coefficient (Wildman–Crippen LogP) is 5.98. The molecule has 0 fully saturated rings. The van der Waals surface area contributed by atoms with E-state index in [9.17, 15) is 9.59 Å². The zero-order chi connectivity index (χ0) is 24.5. The number of benzene rings is 2. The lowest BCUT2D eigenvalue weighted by molar-refractivity contribution is -0.143. The first kappa shape index (κ1) is 26.9. The summed E-state index contributed by atoms with van der Waals surface area (Å²) in [5.41, 5.74) is 3.32. The molecule has 2 aromatic carbocycles. The normalized spacial score (nSPS) is 12.8. The Labute approximate surface area is 207 Å². The number of rotatable bonds is 11. The highest BCUT2D eigenvalue weighted by molar-refractivity contribution is 9.10. The van der Waals surface area contributed by atoms with Crippen LogP contribution in [0.1, 0.15) is 70.1 Å². The number of hydrogen-bond donors (Lipinski definition) is 1. The molecule has 2 rings (SSSR count). The van der Waals surface area contributed by atoms with Gasteiger partial charge in [-0.05, 0) is 71.8 Å². The molecule has 0 aliphatic rings. The van der Waals surface area contributed by atoms with E-state index in [0.717, 1.165) is 22.0 Å². The second-order valence-electron chi connectivity index (χ2n) is 8.88. The lowest BCUT2D eigenvalue weighted by atomic mass is 10.0. The van der Waals surface area contributed by atoms with Crippen molar-refractivity contribution in [3.05, 3.63) is 63.6 Å². The molecule has 180 valence electrons. The van der Waals surface area contributed by atoms with E-state index in [4.69, 9.17) is 4.74 Å². The molecule has 5 nitrogen and oxygen atoms in total. The molecule has 0 saturated heterocycles. The Morgan fingerprint density at radius 2 is 1.70 bits per heavy atom. The zero-order valence-electron chi connectivity index (χ0n) is 20.7. The molecule has 33 heavy (non-hydrogen) atoms. The molecule has 6 heteroatoms. The fraction of sp³-hybridized carbons (Fsp3) is 0.481. The van der Waals surface area contributed by atoms with Crippen LogP contribution in [0, 0.1) is 6.92 Å². The van der Waals surface area contributed by atoms with Crippen molar-refractivity contribution in [1.29, 1.82) is 0 Å². The molecule has 0 spiro atoms. The molecular weight excluding hydrogens is 480 g/mol. The van der Waals surface area contributed by atoms with Gasteiger partial charge in [0.1, 0.15) is 11.8 Å². The molecule has 1 N–H and O–H groups in total. The monoisotopic (exact) mass is 516 g/mol. The molecule has 0 saturated carbocycles. The summed E-state index contributed by atoms with van der Waals surface area (Å²) < 4.78 is 6.69. The third kappa shape index (κ3) is 7.88. The summed E-state index contributed by atoms with van der Waals surface area (Å²) in [5.74, 6) is 0.660. The highest BCUT2D eigenvalue weighted by Crippen LogP contribution is 2.29. The van der Waals surface area contributed by atoms with Crippen molar-refractivity contribution in [1.82, 2.24) is 10.2 Å². The quantitative estimate of drug-likeness (QED) is 0.399. The van der Waals surface area contributed by atoms with Crippen LogP contribution in [-0.2, 0) is 16.1 Å². The van der Waals surface area contributed by atoms with Gasteiger partial charge in [-0.15, -0.1) is 0 Å². The SMILES string of the molecule is CC[C@H](C)NC(=O)[C@H](CC)N(Cc1ccc(C)cc1)C(=O)COc1ccc(C(C)C)cc1Br. The van der Waals surface area contributed by atoms with Gasteiger partial charge < -0.3 is 15.0 Å². The first-order valence-corrected chi connectivity index (χ1v) is 12.5. The summed E-state index contributed by atoms with van der Waals surface area (Å²) in [6.07, 6.45) is 1.35. The number of nitrogens with one attached hydrogen (secondary N) is 1. The minimum Gasteiger partial charge on any atom is -0.483 e. The van der Waals surface area contributed by atoms with Crippen LogP contribution in [-0.4, -0.2) is 35.4 Å². The van der Waals surface area contributed by atoms with E-state index in [1.807, 2.05) is 70.2 Å². The number of hydrogen-bond acceptors (Lipinski definition) is 3. The van der Waals surface area contributed by atoms with Gasteiger partial charge >= 0.3 is 0 Å². The van der Waals surface area contributed by atoms with Gasteiger partial charge in [-0.25, -0.2) is 0 Å². The van der Waals surface area contributed by atoms with Crippen molar-refractivity contribution < 1.29 is 14.3 Å². The van der Waals surface area contributed by atoms with E-state index in [1.165, 1.54) is 5.56 Å². The molecule has 0 bridgehead atoms. The molecule has 0 unspecified atom stereocenters. The summed E-state index contributed by atoms with van der Waals surface area (Å²) in [5, 5.41) is 3.03. The van der Waals surface area contributed by atoms with Gasteiger partial charge in [0.2, 0.25) is 5.91 Å². The van der Waals surface area contributed by atoms with Crippen LogP contribution in [0.15, 0.2) is 46.9 Å². The van der Waals surface area contributed by atoms with E-state index >= 15 is 0 Å². The number of amides is 2. The molecule has 2 aromatic rings. The van der Waals surface area contributed by atoms with E-state index in [2.05, 4.69) is 35.1 Å². The lowest BCUT2D eigenvalue weighted by Crippen LogP contribution is -2.51. The van der Waals surface area contributed by atoms with Crippen LogP contribution in [0.3, 0.4) is 0 Å². The fourth-order valence-corrected chi connectivity index (χ4v) is 3.98. The predicted molar refractivity (Wildman–Crippen MR) is 137 cm³/mol. The molecular formula is C27H37BrN2O3. The third-order valence-electron chi connectivity index (χ3n) is 5.83. The van der Waals surface area contributed by atoms with Gasteiger partial charge in [-0.3, -0.25) is 9.59 Å². The van der Waals surface area contributed by atoms with Crippen molar-refractivity contribution in [2.45, 2.75) is 78.9 Å². The first-order valence-electron chi connectivity index (χ1n) is 11.7. The number of carbonyl (C=O) groups is 2. The van der Waals surface area contributed by atoms with E-state index in [1.54, 1.807) is 4.90 Å². The van der Waals surface area contributed by atoms with Crippen LogP contribution in [0.2, 0.25) is 0 Å². The zero-order valence-corrected chi connectivity index (χ0v) is 22.2. The second-order valence-corrected chi connectivity index (χ2v) is 9.74. The third-order valence-corrected chi connectivity index (χ3v) is 6.45. The van der Waals surface area contributed by atoms with E-state index in [-0.39, 0.29) is 24.5 Å². The maximum Gasteiger partial charge on any atom is 0.261 e. The fourth-order valence-electron chi connectivity index (χ4n) is 3.47. The van der Waals surface area contributed by atoms with Gasteiger partial charge in [-0.2, -0.15) is 0 Å². The number of ether oxygens (including phenoxy) is 1. The van der Waals surface area contributed by atoms with Crippen molar-refractivity contribution in [2.75, 3.05) is 6.61 Å². The Kier molecular flexibility index (Phi) is 10.4. The Bertz CT molecular complexity index is 927. The number of halogens is 1. The molecule has 0 aliphatic carbocycles. The maximum absolute atomic E-state index is 13.3. The number of aryl methyl sites for hydroxylation is 1. The number of carbonyl (C=O) groups excluding carboxylic acids is 2. The largest absolute Gasteiger partial charge is 0.483 e. The van der Waals surface area contributed by atoms with Gasteiger partial charge in [0.15, 0.2) is 6.61 Å². The molecule has 2 atom stereocenters. The Morgan fingerprint density at radius 1 is 1.03 bits per heavy atom. The van der Waals surface area contributed by atoms with Crippen LogP contribution < -0.4 is 10.1 Å². The molecule has 0 heterocycles. The van der Waals surface area contributed by atoms with Crippen molar-refractivity contribution in [3.8, 4) is 5.75 Å². The van der Waals surface area contributed by atoms with Crippen molar-refractivity contribution in [3.63, 3.8) is 0 Å². The highest BCUT2D eigenvalue weighted by atomic mass is 79.9. The molecule has 0 aliphatic heterocycles. The van der Waals surface area contributed by atoms with Gasteiger partial charge in [-0.1, -0.05) is 63.6 Å². The smallest absolute Gasteiger partial charge is 0.261 e. The molecule has 2 amide bonds. The average Bonchev–Trinajstić information content (AvgIpc) is 2.78. The van der Waals surface area contributed by atoms with E-state index in [0.29, 0.717) is 24.6 Å². The Morgan fingerprint density at radius 3 is 2.24 bits per heavy atom. The summed E-state index contributed by atoms with van der Waals surface area (Å²) >= 11 is 3.55. The summed E-state index contributed by atoms with van der Waals surface area (Å²) in [7, 11) is 0. The minimum absolute atomic E-state index is 0.0505. The Balaban J connectivity index is 2.22. The lowest BCUT2D eigenvalue weighted by Gasteiger charge is -2.31. The first-order chi connectivity index (χ1) is 15.7. The highest BCUT2D eigenvalue weighted by Gasteiger charge is 2.29. The average molecular weight is 518 g/mol. The standard InChI is InChI=1S/C27H37BrN2O3/c1-7-20(6)29-27(32)24(8-2)30(16-21-11-9-19(5)10-12-21)26(31)17-33-25-14-13-22(18(3)4)15-23(25)28/h9-15,18,20,24H,7-8,16-17H2,1-6H3,(H,29,32)/t20-,24-/m0/s1. The topological polar surface area (TPSA) is 58.6 Å². The van der Waals surface area contributed by atoms with Gasteiger partial charge in [0.05, 0.1) is 4.47 Å². The van der Waals surface area contributed by atoms with Crippen LogP contribution in [0.4, 0.5) is 0 Å². The minimum atomic E-state index is -0.567. The van der Waals surface area contributed by atoms with Crippen LogP contribution in [0.25, 0.3) is 0 Å². The maximum atomic E-state index is 13.3. The Hall–Kier alpha value is -2.34. The molecule has 0 aromatic heterocycles. The second kappa shape index (κ2) is 12.8.